The van der Waals surface area contributed by atoms with Crippen molar-refractivity contribution < 1.29 is 19.1 Å². The summed E-state index contributed by atoms with van der Waals surface area (Å²) in [4.78, 5) is 25.8. The van der Waals surface area contributed by atoms with Crippen LogP contribution in [-0.4, -0.2) is 37.1 Å². The molecule has 0 saturated heterocycles. The van der Waals surface area contributed by atoms with E-state index in [0.717, 1.165) is 16.9 Å². The molecule has 0 bridgehead atoms. The Hall–Kier alpha value is -3.22. The molecule has 7 nitrogen and oxygen atoms in total. The van der Waals surface area contributed by atoms with Crippen LogP contribution in [0.3, 0.4) is 0 Å². The van der Waals surface area contributed by atoms with Crippen molar-refractivity contribution in [3.8, 4) is 11.5 Å². The SMILES string of the molecule is CCC(=O)Nc1ccc(C)c(NC(=O)N(C)Cc2ccc3c(c2)OCCO3)c1. The van der Waals surface area contributed by atoms with Crippen molar-refractivity contribution >= 4 is 23.3 Å². The lowest BCUT2D eigenvalue weighted by atomic mass is 10.1. The van der Waals surface area contributed by atoms with E-state index in [0.29, 0.717) is 43.3 Å². The Balaban J connectivity index is 1.65. The zero-order valence-electron chi connectivity index (χ0n) is 16.4. The van der Waals surface area contributed by atoms with Crippen molar-refractivity contribution in [3.63, 3.8) is 0 Å². The third-order valence-electron chi connectivity index (χ3n) is 4.46. The van der Waals surface area contributed by atoms with Gasteiger partial charge in [0.25, 0.3) is 0 Å². The Labute approximate surface area is 164 Å². The number of fused-ring (bicyclic) bond motifs is 1. The topological polar surface area (TPSA) is 79.9 Å². The van der Waals surface area contributed by atoms with Crippen molar-refractivity contribution in [2.45, 2.75) is 26.8 Å². The molecular weight excluding hydrogens is 358 g/mol. The summed E-state index contributed by atoms with van der Waals surface area (Å²) in [5.41, 5.74) is 3.17. The van der Waals surface area contributed by atoms with E-state index in [-0.39, 0.29) is 11.9 Å². The second-order valence-corrected chi connectivity index (χ2v) is 6.70. The lowest BCUT2D eigenvalue weighted by molar-refractivity contribution is -0.115. The van der Waals surface area contributed by atoms with Gasteiger partial charge in [-0.05, 0) is 42.3 Å². The quantitative estimate of drug-likeness (QED) is 0.823. The second kappa shape index (κ2) is 8.65. The predicted octanol–water partition coefficient (Wildman–Crippen LogP) is 3.78. The number of rotatable bonds is 5. The molecule has 148 valence electrons. The molecule has 0 unspecified atom stereocenters. The number of hydrogen-bond acceptors (Lipinski definition) is 4. The highest BCUT2D eigenvalue weighted by molar-refractivity contribution is 5.94. The Morgan fingerprint density at radius 3 is 2.54 bits per heavy atom. The van der Waals surface area contributed by atoms with Crippen molar-refractivity contribution in [3.05, 3.63) is 47.5 Å². The molecule has 0 atom stereocenters. The van der Waals surface area contributed by atoms with Crippen LogP contribution in [0.15, 0.2) is 36.4 Å². The van der Waals surface area contributed by atoms with E-state index in [1.165, 1.54) is 0 Å². The van der Waals surface area contributed by atoms with Crippen LogP contribution in [-0.2, 0) is 11.3 Å². The molecule has 0 aromatic heterocycles. The van der Waals surface area contributed by atoms with E-state index in [1.54, 1.807) is 24.9 Å². The maximum atomic E-state index is 12.6. The monoisotopic (exact) mass is 383 g/mol. The highest BCUT2D eigenvalue weighted by atomic mass is 16.6. The predicted molar refractivity (Wildman–Crippen MR) is 108 cm³/mol. The number of aryl methyl sites for hydroxylation is 1. The van der Waals surface area contributed by atoms with Crippen molar-refractivity contribution in [1.29, 1.82) is 0 Å². The van der Waals surface area contributed by atoms with Gasteiger partial charge in [-0.3, -0.25) is 4.79 Å². The van der Waals surface area contributed by atoms with Crippen LogP contribution in [0.1, 0.15) is 24.5 Å². The van der Waals surface area contributed by atoms with Crippen molar-refractivity contribution in [2.75, 3.05) is 30.9 Å². The molecule has 3 amide bonds. The first-order valence-electron chi connectivity index (χ1n) is 9.27. The summed E-state index contributed by atoms with van der Waals surface area (Å²) in [5, 5.41) is 5.70. The van der Waals surface area contributed by atoms with Gasteiger partial charge in [0.1, 0.15) is 13.2 Å². The molecule has 1 aliphatic heterocycles. The van der Waals surface area contributed by atoms with Gasteiger partial charge >= 0.3 is 6.03 Å². The fraction of sp³-hybridized carbons (Fsp3) is 0.333. The molecule has 0 fully saturated rings. The van der Waals surface area contributed by atoms with Crippen molar-refractivity contribution in [1.82, 2.24) is 4.90 Å². The van der Waals surface area contributed by atoms with Crippen LogP contribution in [0, 0.1) is 6.92 Å². The normalized spacial score (nSPS) is 12.2. The Morgan fingerprint density at radius 1 is 1.04 bits per heavy atom. The van der Waals surface area contributed by atoms with Gasteiger partial charge in [-0.25, -0.2) is 4.79 Å². The highest BCUT2D eigenvalue weighted by Crippen LogP contribution is 2.31. The zero-order chi connectivity index (χ0) is 20.1. The molecule has 1 aliphatic rings. The smallest absolute Gasteiger partial charge is 0.321 e. The number of hydrogen-bond donors (Lipinski definition) is 2. The largest absolute Gasteiger partial charge is 0.486 e. The molecule has 1 heterocycles. The minimum absolute atomic E-state index is 0.0724. The standard InChI is InChI=1S/C21H25N3O4/c1-4-20(25)22-16-7-5-14(2)17(12-16)23-21(26)24(3)13-15-6-8-18-19(11-15)28-10-9-27-18/h5-8,11-12H,4,9-10,13H2,1-3H3,(H,22,25)(H,23,26). The van der Waals surface area contributed by atoms with Gasteiger partial charge in [-0.2, -0.15) is 0 Å². The van der Waals surface area contributed by atoms with Gasteiger partial charge in [0, 0.05) is 31.4 Å². The van der Waals surface area contributed by atoms with Gasteiger partial charge in [0.05, 0.1) is 0 Å². The molecule has 0 aliphatic carbocycles. The summed E-state index contributed by atoms with van der Waals surface area (Å²) >= 11 is 0. The van der Waals surface area contributed by atoms with E-state index < -0.39 is 0 Å². The summed E-state index contributed by atoms with van der Waals surface area (Å²) in [5.74, 6) is 1.35. The number of nitrogens with one attached hydrogen (secondary N) is 2. The summed E-state index contributed by atoms with van der Waals surface area (Å²) in [6.45, 7) is 5.19. The molecule has 7 heteroatoms. The molecule has 0 spiro atoms. The van der Waals surface area contributed by atoms with Gasteiger partial charge in [0.15, 0.2) is 11.5 Å². The van der Waals surface area contributed by atoms with Gasteiger partial charge in [-0.1, -0.05) is 19.1 Å². The summed E-state index contributed by atoms with van der Waals surface area (Å²) < 4.78 is 11.1. The average Bonchev–Trinajstić information content (AvgIpc) is 2.70. The van der Waals surface area contributed by atoms with Gasteiger partial charge < -0.3 is 25.0 Å². The number of carbonyl (C=O) groups is 2. The number of amides is 3. The van der Waals surface area contributed by atoms with Crippen molar-refractivity contribution in [2.24, 2.45) is 0 Å². The summed E-state index contributed by atoms with van der Waals surface area (Å²) in [6, 6.07) is 10.9. The minimum atomic E-state index is -0.239. The fourth-order valence-electron chi connectivity index (χ4n) is 2.83. The molecule has 2 aromatic rings. The molecule has 0 radical (unpaired) electrons. The molecule has 3 rings (SSSR count). The molecule has 2 aromatic carbocycles. The second-order valence-electron chi connectivity index (χ2n) is 6.70. The van der Waals surface area contributed by atoms with E-state index in [1.807, 2.05) is 37.3 Å². The number of ether oxygens (including phenoxy) is 2. The van der Waals surface area contributed by atoms with E-state index >= 15 is 0 Å². The Morgan fingerprint density at radius 2 is 1.79 bits per heavy atom. The van der Waals surface area contributed by atoms with E-state index in [9.17, 15) is 9.59 Å². The zero-order valence-corrected chi connectivity index (χ0v) is 16.4. The van der Waals surface area contributed by atoms with Crippen LogP contribution in [0.2, 0.25) is 0 Å². The number of nitrogens with zero attached hydrogens (tertiary/aromatic N) is 1. The Kier molecular flexibility index (Phi) is 6.03. The molecule has 2 N–H and O–H groups in total. The summed E-state index contributed by atoms with van der Waals surface area (Å²) in [6.07, 6.45) is 0.397. The summed E-state index contributed by atoms with van der Waals surface area (Å²) in [7, 11) is 1.73. The first-order chi connectivity index (χ1) is 13.5. The first kappa shape index (κ1) is 19.5. The van der Waals surface area contributed by atoms with Crippen LogP contribution < -0.4 is 20.1 Å². The average molecular weight is 383 g/mol. The number of urea groups is 1. The fourth-order valence-corrected chi connectivity index (χ4v) is 2.83. The molecule has 28 heavy (non-hydrogen) atoms. The number of benzene rings is 2. The van der Waals surface area contributed by atoms with Crippen LogP contribution in [0.4, 0.5) is 16.2 Å². The lowest BCUT2D eigenvalue weighted by Crippen LogP contribution is -2.31. The van der Waals surface area contributed by atoms with Crippen LogP contribution >= 0.6 is 0 Å². The third-order valence-corrected chi connectivity index (χ3v) is 4.46. The maximum Gasteiger partial charge on any atom is 0.321 e. The maximum absolute atomic E-state index is 12.6. The van der Waals surface area contributed by atoms with Gasteiger partial charge in [-0.15, -0.1) is 0 Å². The van der Waals surface area contributed by atoms with Crippen LogP contribution in [0.25, 0.3) is 0 Å². The first-order valence-corrected chi connectivity index (χ1v) is 9.27. The van der Waals surface area contributed by atoms with E-state index in [4.69, 9.17) is 9.47 Å². The van der Waals surface area contributed by atoms with Gasteiger partial charge in [0.2, 0.25) is 5.91 Å². The number of anilines is 2. The minimum Gasteiger partial charge on any atom is -0.486 e. The lowest BCUT2D eigenvalue weighted by Gasteiger charge is -2.22. The van der Waals surface area contributed by atoms with E-state index in [2.05, 4.69) is 10.6 Å². The third kappa shape index (κ3) is 4.73. The van der Waals surface area contributed by atoms with Crippen LogP contribution in [0.5, 0.6) is 11.5 Å². The number of carbonyl (C=O) groups excluding carboxylic acids is 2. The Bertz CT molecular complexity index is 882. The highest BCUT2D eigenvalue weighted by Gasteiger charge is 2.15. The molecular formula is C21H25N3O4. The molecule has 0 saturated carbocycles.